The zero-order chi connectivity index (χ0) is 15.1. The van der Waals surface area contributed by atoms with Crippen LogP contribution in [-0.4, -0.2) is 41.5 Å². The summed E-state index contributed by atoms with van der Waals surface area (Å²) in [5.41, 5.74) is 6.68. The van der Waals surface area contributed by atoms with Crippen LogP contribution in [0.4, 0.5) is 5.69 Å². The van der Waals surface area contributed by atoms with Crippen LogP contribution in [0.3, 0.4) is 0 Å². The topological polar surface area (TPSA) is 95.7 Å². The molecule has 0 saturated carbocycles. The van der Waals surface area contributed by atoms with Gasteiger partial charge in [-0.1, -0.05) is 19.1 Å². The van der Waals surface area contributed by atoms with Crippen molar-refractivity contribution >= 4 is 17.6 Å². The van der Waals surface area contributed by atoms with E-state index in [1.165, 1.54) is 0 Å². The van der Waals surface area contributed by atoms with E-state index < -0.39 is 5.97 Å². The molecule has 6 nitrogen and oxygen atoms in total. The number of amides is 1. The van der Waals surface area contributed by atoms with Crippen LogP contribution < -0.4 is 11.1 Å². The standard InChI is InChI=1S/C14H21N3O3/c1-3-16-12(18)9-17(4-2)8-10-6-5-7-11(15)13(10)14(19)20/h5-7H,3-4,8-9,15H2,1-2H3,(H,16,18)(H,19,20). The van der Waals surface area contributed by atoms with Gasteiger partial charge in [-0.05, 0) is 25.1 Å². The Morgan fingerprint density at radius 2 is 2.05 bits per heavy atom. The number of nitrogens with two attached hydrogens (primary N) is 1. The van der Waals surface area contributed by atoms with Crippen LogP contribution in [-0.2, 0) is 11.3 Å². The summed E-state index contributed by atoms with van der Waals surface area (Å²) in [7, 11) is 0. The van der Waals surface area contributed by atoms with E-state index in [0.29, 0.717) is 25.2 Å². The molecule has 0 heterocycles. The largest absolute Gasteiger partial charge is 0.478 e. The highest BCUT2D eigenvalue weighted by Gasteiger charge is 2.16. The van der Waals surface area contributed by atoms with Gasteiger partial charge in [-0.2, -0.15) is 0 Å². The Balaban J connectivity index is 2.87. The third kappa shape index (κ3) is 4.24. The van der Waals surface area contributed by atoms with Crippen molar-refractivity contribution in [3.8, 4) is 0 Å². The van der Waals surface area contributed by atoms with Gasteiger partial charge >= 0.3 is 5.97 Å². The van der Waals surface area contributed by atoms with Gasteiger partial charge in [0.25, 0.3) is 0 Å². The average molecular weight is 279 g/mol. The van der Waals surface area contributed by atoms with Crippen molar-refractivity contribution in [2.24, 2.45) is 0 Å². The molecule has 0 aliphatic carbocycles. The Morgan fingerprint density at radius 3 is 2.60 bits per heavy atom. The van der Waals surface area contributed by atoms with Gasteiger partial charge in [-0.25, -0.2) is 4.79 Å². The summed E-state index contributed by atoms with van der Waals surface area (Å²) in [5.74, 6) is -1.12. The number of hydrogen-bond donors (Lipinski definition) is 3. The lowest BCUT2D eigenvalue weighted by atomic mass is 10.0. The van der Waals surface area contributed by atoms with Gasteiger partial charge in [-0.3, -0.25) is 9.69 Å². The number of anilines is 1. The third-order valence-corrected chi connectivity index (χ3v) is 2.98. The molecule has 20 heavy (non-hydrogen) atoms. The summed E-state index contributed by atoms with van der Waals surface area (Å²) in [6, 6.07) is 5.00. The average Bonchev–Trinajstić information content (AvgIpc) is 2.37. The van der Waals surface area contributed by atoms with Crippen LogP contribution >= 0.6 is 0 Å². The quantitative estimate of drug-likeness (QED) is 0.645. The van der Waals surface area contributed by atoms with E-state index in [1.807, 2.05) is 18.7 Å². The van der Waals surface area contributed by atoms with Crippen LogP contribution in [0.5, 0.6) is 0 Å². The van der Waals surface area contributed by atoms with E-state index in [-0.39, 0.29) is 23.7 Å². The molecular formula is C14H21N3O3. The molecule has 4 N–H and O–H groups in total. The van der Waals surface area contributed by atoms with Gasteiger partial charge in [0, 0.05) is 18.8 Å². The summed E-state index contributed by atoms with van der Waals surface area (Å²) in [6.07, 6.45) is 0. The Kier molecular flexibility index (Phi) is 5.99. The van der Waals surface area contributed by atoms with Crippen LogP contribution in [0.25, 0.3) is 0 Å². The summed E-state index contributed by atoms with van der Waals surface area (Å²) in [5, 5.41) is 11.9. The Morgan fingerprint density at radius 1 is 1.35 bits per heavy atom. The van der Waals surface area contributed by atoms with E-state index in [9.17, 15) is 14.7 Å². The minimum absolute atomic E-state index is 0.0740. The fourth-order valence-electron chi connectivity index (χ4n) is 1.99. The number of rotatable bonds is 7. The van der Waals surface area contributed by atoms with Gasteiger partial charge in [0.2, 0.25) is 5.91 Å². The van der Waals surface area contributed by atoms with E-state index in [0.717, 1.165) is 0 Å². The number of hydrogen-bond acceptors (Lipinski definition) is 4. The molecule has 0 atom stereocenters. The molecule has 1 aromatic carbocycles. The van der Waals surface area contributed by atoms with E-state index in [4.69, 9.17) is 5.73 Å². The van der Waals surface area contributed by atoms with Crippen molar-refractivity contribution in [1.29, 1.82) is 0 Å². The Bertz CT molecular complexity index is 489. The number of carboxylic acids is 1. The van der Waals surface area contributed by atoms with E-state index >= 15 is 0 Å². The summed E-state index contributed by atoms with van der Waals surface area (Å²) < 4.78 is 0. The molecule has 110 valence electrons. The molecular weight excluding hydrogens is 258 g/mol. The number of carboxylic acid groups (broad SMARTS) is 1. The van der Waals surface area contributed by atoms with Gasteiger partial charge in [0.15, 0.2) is 0 Å². The number of likely N-dealkylation sites (N-methyl/N-ethyl adjacent to an activating group) is 2. The molecule has 6 heteroatoms. The zero-order valence-corrected chi connectivity index (χ0v) is 11.8. The van der Waals surface area contributed by atoms with Crippen molar-refractivity contribution < 1.29 is 14.7 Å². The van der Waals surface area contributed by atoms with Crippen molar-refractivity contribution in [2.45, 2.75) is 20.4 Å². The number of nitrogens with one attached hydrogen (secondary N) is 1. The van der Waals surface area contributed by atoms with Gasteiger partial charge in [-0.15, -0.1) is 0 Å². The maximum absolute atomic E-state index is 11.6. The smallest absolute Gasteiger partial charge is 0.338 e. The second-order valence-electron chi connectivity index (χ2n) is 4.44. The highest BCUT2D eigenvalue weighted by Crippen LogP contribution is 2.18. The molecule has 0 aromatic heterocycles. The summed E-state index contributed by atoms with van der Waals surface area (Å²) in [6.45, 7) is 5.61. The second-order valence-corrected chi connectivity index (χ2v) is 4.44. The summed E-state index contributed by atoms with van der Waals surface area (Å²) >= 11 is 0. The van der Waals surface area contributed by atoms with Crippen molar-refractivity contribution in [3.05, 3.63) is 29.3 Å². The van der Waals surface area contributed by atoms with Gasteiger partial charge in [0.1, 0.15) is 0 Å². The molecule has 0 unspecified atom stereocenters. The maximum atomic E-state index is 11.6. The van der Waals surface area contributed by atoms with Crippen LogP contribution in [0.15, 0.2) is 18.2 Å². The third-order valence-electron chi connectivity index (χ3n) is 2.98. The first kappa shape index (κ1) is 16.0. The minimum Gasteiger partial charge on any atom is -0.478 e. The van der Waals surface area contributed by atoms with E-state index in [1.54, 1.807) is 18.2 Å². The predicted octanol–water partition coefficient (Wildman–Crippen LogP) is 0.925. The molecule has 0 aliphatic heterocycles. The van der Waals surface area contributed by atoms with Crippen LogP contribution in [0.2, 0.25) is 0 Å². The monoisotopic (exact) mass is 279 g/mol. The first-order chi connectivity index (χ1) is 9.49. The number of benzene rings is 1. The predicted molar refractivity (Wildman–Crippen MR) is 77.4 cm³/mol. The fraction of sp³-hybridized carbons (Fsp3) is 0.429. The van der Waals surface area contributed by atoms with Crippen molar-refractivity contribution in [3.63, 3.8) is 0 Å². The highest BCUT2D eigenvalue weighted by atomic mass is 16.4. The number of carbonyl (C=O) groups excluding carboxylic acids is 1. The molecule has 0 fully saturated rings. The van der Waals surface area contributed by atoms with Gasteiger partial charge < -0.3 is 16.2 Å². The Hall–Kier alpha value is -2.08. The molecule has 1 amide bonds. The number of nitrogen functional groups attached to an aromatic ring is 1. The number of aromatic carboxylic acids is 1. The SMILES string of the molecule is CCNC(=O)CN(CC)Cc1cccc(N)c1C(=O)O. The Labute approximate surface area is 118 Å². The normalized spacial score (nSPS) is 10.6. The lowest BCUT2D eigenvalue weighted by Gasteiger charge is -2.21. The fourth-order valence-corrected chi connectivity index (χ4v) is 1.99. The number of nitrogens with zero attached hydrogens (tertiary/aromatic N) is 1. The molecule has 1 aromatic rings. The highest BCUT2D eigenvalue weighted by molar-refractivity contribution is 5.95. The lowest BCUT2D eigenvalue weighted by Crippen LogP contribution is -2.37. The van der Waals surface area contributed by atoms with Gasteiger partial charge in [0.05, 0.1) is 12.1 Å². The first-order valence-electron chi connectivity index (χ1n) is 6.59. The molecule has 0 radical (unpaired) electrons. The molecule has 0 aliphatic rings. The molecule has 1 rings (SSSR count). The van der Waals surface area contributed by atoms with Crippen LogP contribution in [0, 0.1) is 0 Å². The maximum Gasteiger partial charge on any atom is 0.338 e. The van der Waals surface area contributed by atoms with Crippen molar-refractivity contribution in [1.82, 2.24) is 10.2 Å². The zero-order valence-electron chi connectivity index (χ0n) is 11.8. The van der Waals surface area contributed by atoms with Crippen LogP contribution in [0.1, 0.15) is 29.8 Å². The molecule has 0 spiro atoms. The number of carbonyl (C=O) groups is 2. The molecule has 0 bridgehead atoms. The second kappa shape index (κ2) is 7.49. The lowest BCUT2D eigenvalue weighted by molar-refractivity contribution is -0.122. The molecule has 0 saturated heterocycles. The minimum atomic E-state index is -1.05. The summed E-state index contributed by atoms with van der Waals surface area (Å²) in [4.78, 5) is 24.7. The van der Waals surface area contributed by atoms with Crippen molar-refractivity contribution in [2.75, 3.05) is 25.4 Å². The van der Waals surface area contributed by atoms with E-state index in [2.05, 4.69) is 5.32 Å². The first-order valence-corrected chi connectivity index (χ1v) is 6.59.